The number of carbonyl (C=O) groups excluding carboxylic acids is 1. The zero-order chi connectivity index (χ0) is 19.8. The van der Waals surface area contributed by atoms with E-state index in [1.807, 2.05) is 20.8 Å². The first-order valence-corrected chi connectivity index (χ1v) is 10.8. The molecule has 0 radical (unpaired) electrons. The molecule has 0 heterocycles. The number of halogens is 1. The van der Waals surface area contributed by atoms with Gasteiger partial charge in [0.1, 0.15) is 11.4 Å². The van der Waals surface area contributed by atoms with Gasteiger partial charge in [0, 0.05) is 11.5 Å². The number of nitrogens with one attached hydrogen (secondary N) is 1. The molecule has 150 valence electrons. The average molecular weight is 438 g/mol. The summed E-state index contributed by atoms with van der Waals surface area (Å²) < 4.78 is 12.2. The second-order valence-corrected chi connectivity index (χ2v) is 10.1. The van der Waals surface area contributed by atoms with Gasteiger partial charge in [0.25, 0.3) is 0 Å². The number of methoxy groups -OCH3 is 1. The predicted octanol–water partition coefficient (Wildman–Crippen LogP) is 5.75. The molecule has 2 aliphatic carbocycles. The summed E-state index contributed by atoms with van der Waals surface area (Å²) in [7, 11) is 1.70. The van der Waals surface area contributed by atoms with Gasteiger partial charge in [0.05, 0.1) is 11.6 Å². The van der Waals surface area contributed by atoms with Crippen LogP contribution in [-0.4, -0.2) is 24.8 Å². The van der Waals surface area contributed by atoms with Crippen molar-refractivity contribution in [1.82, 2.24) is 5.32 Å². The van der Waals surface area contributed by atoms with E-state index in [4.69, 9.17) is 9.47 Å². The first kappa shape index (κ1) is 20.5. The first-order valence-electron chi connectivity index (χ1n) is 10.0. The minimum Gasteiger partial charge on any atom is -0.496 e. The lowest BCUT2D eigenvalue weighted by atomic mass is 9.59. The molecule has 2 bridgehead atoms. The third-order valence-corrected chi connectivity index (χ3v) is 6.70. The fourth-order valence-corrected chi connectivity index (χ4v) is 5.44. The summed E-state index contributed by atoms with van der Waals surface area (Å²) in [6.07, 6.45) is 6.52. The van der Waals surface area contributed by atoms with Gasteiger partial charge >= 0.3 is 6.09 Å². The maximum atomic E-state index is 12.6. The van der Waals surface area contributed by atoms with Crippen LogP contribution in [-0.2, 0) is 16.6 Å². The van der Waals surface area contributed by atoms with E-state index < -0.39 is 5.60 Å². The Balaban J connectivity index is 2.01. The minimum absolute atomic E-state index is 0.0750. The van der Waals surface area contributed by atoms with Crippen LogP contribution in [0.4, 0.5) is 4.79 Å². The largest absolute Gasteiger partial charge is 0.496 e. The number of hydrogen-bond acceptors (Lipinski definition) is 3. The molecule has 0 saturated heterocycles. The number of ether oxygens (including phenoxy) is 2. The number of fused-ring (bicyclic) bond motifs is 4. The highest BCUT2D eigenvalue weighted by Crippen LogP contribution is 2.48. The number of alkyl carbamates (subject to hydrolysis) is 1. The van der Waals surface area contributed by atoms with Crippen LogP contribution in [0.15, 0.2) is 16.6 Å². The van der Waals surface area contributed by atoms with Crippen molar-refractivity contribution in [3.8, 4) is 5.75 Å². The topological polar surface area (TPSA) is 47.6 Å². The second kappa shape index (κ2) is 7.65. The van der Waals surface area contributed by atoms with Crippen molar-refractivity contribution < 1.29 is 14.3 Å². The Labute approximate surface area is 171 Å². The SMILES string of the molecule is COc1cc2c(cc1Br)CC1CCCCCC2(C)C1NC(=O)OC(C)(C)C. The van der Waals surface area contributed by atoms with Crippen molar-refractivity contribution in [3.63, 3.8) is 0 Å². The molecular formula is C22H32BrNO3. The van der Waals surface area contributed by atoms with Crippen LogP contribution in [0.5, 0.6) is 5.75 Å². The third-order valence-electron chi connectivity index (χ3n) is 6.08. The fraction of sp³-hybridized carbons (Fsp3) is 0.682. The van der Waals surface area contributed by atoms with Crippen LogP contribution in [0.1, 0.15) is 70.9 Å². The Morgan fingerprint density at radius 1 is 1.26 bits per heavy atom. The summed E-state index contributed by atoms with van der Waals surface area (Å²) in [6, 6.07) is 4.46. The van der Waals surface area contributed by atoms with Gasteiger partial charge in [-0.1, -0.05) is 26.2 Å². The normalized spacial score (nSPS) is 27.8. The molecule has 3 unspecified atom stereocenters. The lowest BCUT2D eigenvalue weighted by Crippen LogP contribution is -2.57. The summed E-state index contributed by atoms with van der Waals surface area (Å²) in [4.78, 5) is 12.6. The van der Waals surface area contributed by atoms with Gasteiger partial charge < -0.3 is 14.8 Å². The maximum absolute atomic E-state index is 12.6. The second-order valence-electron chi connectivity index (χ2n) is 9.25. The summed E-state index contributed by atoms with van der Waals surface area (Å²) in [5.41, 5.74) is 2.07. The molecule has 1 fully saturated rings. The van der Waals surface area contributed by atoms with Crippen LogP contribution in [0, 0.1) is 5.92 Å². The lowest BCUT2D eigenvalue weighted by Gasteiger charge is -2.49. The molecule has 4 nitrogen and oxygen atoms in total. The number of rotatable bonds is 2. The molecule has 3 rings (SSSR count). The van der Waals surface area contributed by atoms with Gasteiger partial charge in [0.2, 0.25) is 0 Å². The Morgan fingerprint density at radius 2 is 2.00 bits per heavy atom. The van der Waals surface area contributed by atoms with Gasteiger partial charge in [-0.05, 0) is 85.1 Å². The summed E-state index contributed by atoms with van der Waals surface area (Å²) >= 11 is 3.64. The standard InChI is InChI=1S/C22H32BrNO3/c1-21(2,3)27-20(25)24-19-14-9-7-6-8-10-22(19,4)16-13-18(26-5)17(23)12-15(16)11-14/h12-14,19H,6-11H2,1-5H3,(H,24,25). The third kappa shape index (κ3) is 4.28. The molecule has 3 atom stereocenters. The van der Waals surface area contributed by atoms with Crippen molar-refractivity contribution in [2.45, 2.75) is 83.3 Å². The van der Waals surface area contributed by atoms with Gasteiger partial charge in [-0.2, -0.15) is 0 Å². The monoisotopic (exact) mass is 437 g/mol. The first-order chi connectivity index (χ1) is 12.6. The molecule has 1 N–H and O–H groups in total. The highest BCUT2D eigenvalue weighted by molar-refractivity contribution is 9.10. The van der Waals surface area contributed by atoms with Crippen molar-refractivity contribution >= 4 is 22.0 Å². The summed E-state index contributed by atoms with van der Waals surface area (Å²) in [5.74, 6) is 1.28. The Kier molecular flexibility index (Phi) is 5.81. The van der Waals surface area contributed by atoms with Crippen molar-refractivity contribution in [3.05, 3.63) is 27.7 Å². The molecule has 27 heavy (non-hydrogen) atoms. The maximum Gasteiger partial charge on any atom is 0.407 e. The van der Waals surface area contributed by atoms with Gasteiger partial charge in [-0.15, -0.1) is 0 Å². The fourth-order valence-electron chi connectivity index (χ4n) is 4.89. The van der Waals surface area contributed by atoms with Crippen molar-refractivity contribution in [2.24, 2.45) is 5.92 Å². The lowest BCUT2D eigenvalue weighted by molar-refractivity contribution is 0.0417. The number of amides is 1. The molecule has 2 aliphatic rings. The molecule has 1 saturated carbocycles. The summed E-state index contributed by atoms with van der Waals surface area (Å²) in [6.45, 7) is 8.03. The van der Waals surface area contributed by atoms with E-state index in [1.165, 1.54) is 30.4 Å². The van der Waals surface area contributed by atoms with E-state index in [2.05, 4.69) is 40.3 Å². The highest BCUT2D eigenvalue weighted by atomic mass is 79.9. The molecule has 1 amide bonds. The zero-order valence-electron chi connectivity index (χ0n) is 17.2. The molecule has 1 aromatic carbocycles. The Morgan fingerprint density at radius 3 is 2.67 bits per heavy atom. The quantitative estimate of drug-likeness (QED) is 0.640. The predicted molar refractivity (Wildman–Crippen MR) is 111 cm³/mol. The Bertz CT molecular complexity index is 712. The molecule has 0 aromatic heterocycles. The van der Waals surface area contributed by atoms with Crippen molar-refractivity contribution in [2.75, 3.05) is 7.11 Å². The van der Waals surface area contributed by atoms with E-state index in [9.17, 15) is 4.79 Å². The van der Waals surface area contributed by atoms with Crippen LogP contribution < -0.4 is 10.1 Å². The van der Waals surface area contributed by atoms with E-state index in [0.29, 0.717) is 5.92 Å². The smallest absolute Gasteiger partial charge is 0.407 e. The molecule has 0 spiro atoms. The van der Waals surface area contributed by atoms with E-state index in [-0.39, 0.29) is 17.6 Å². The number of carbonyl (C=O) groups is 1. The number of benzene rings is 1. The summed E-state index contributed by atoms with van der Waals surface area (Å²) in [5, 5.41) is 3.27. The van der Waals surface area contributed by atoms with Gasteiger partial charge in [0.15, 0.2) is 0 Å². The van der Waals surface area contributed by atoms with Gasteiger partial charge in [-0.3, -0.25) is 0 Å². The van der Waals surface area contributed by atoms with Crippen LogP contribution >= 0.6 is 15.9 Å². The van der Waals surface area contributed by atoms with Gasteiger partial charge in [-0.25, -0.2) is 4.79 Å². The minimum atomic E-state index is -0.492. The van der Waals surface area contributed by atoms with Crippen LogP contribution in [0.3, 0.4) is 0 Å². The molecule has 1 aromatic rings. The van der Waals surface area contributed by atoms with Crippen LogP contribution in [0.25, 0.3) is 0 Å². The zero-order valence-corrected chi connectivity index (χ0v) is 18.7. The van der Waals surface area contributed by atoms with E-state index in [1.54, 1.807) is 7.11 Å². The average Bonchev–Trinajstić information content (AvgIpc) is 2.55. The van der Waals surface area contributed by atoms with Crippen molar-refractivity contribution in [1.29, 1.82) is 0 Å². The molecule has 5 heteroatoms. The Hall–Kier alpha value is -1.23. The van der Waals surface area contributed by atoms with E-state index in [0.717, 1.165) is 29.5 Å². The van der Waals surface area contributed by atoms with E-state index >= 15 is 0 Å². The van der Waals surface area contributed by atoms with Crippen LogP contribution in [0.2, 0.25) is 0 Å². The highest BCUT2D eigenvalue weighted by Gasteiger charge is 2.47. The molecular weight excluding hydrogens is 406 g/mol. The number of hydrogen-bond donors (Lipinski definition) is 1. The molecule has 0 aliphatic heterocycles.